The van der Waals surface area contributed by atoms with Crippen LogP contribution in [0.2, 0.25) is 0 Å². The van der Waals surface area contributed by atoms with Crippen LogP contribution in [0.25, 0.3) is 0 Å². The standard InChI is InChI=1S/C12H20N4/c1-8-6-11(9(2)16-15-8)12(14-13)7-10-4-3-5-10/h6,10,12,14H,3-5,7,13H2,1-2H3. The van der Waals surface area contributed by atoms with E-state index < -0.39 is 0 Å². The van der Waals surface area contributed by atoms with Crippen LogP contribution in [0.4, 0.5) is 0 Å². The van der Waals surface area contributed by atoms with Crippen molar-refractivity contribution in [2.75, 3.05) is 0 Å². The molecule has 1 unspecified atom stereocenters. The minimum Gasteiger partial charge on any atom is -0.271 e. The van der Waals surface area contributed by atoms with Gasteiger partial charge in [-0.3, -0.25) is 11.3 Å². The Hall–Kier alpha value is -1.00. The summed E-state index contributed by atoms with van der Waals surface area (Å²) in [6, 6.07) is 2.31. The number of aryl methyl sites for hydroxylation is 2. The van der Waals surface area contributed by atoms with Crippen LogP contribution in [0.5, 0.6) is 0 Å². The zero-order chi connectivity index (χ0) is 11.5. The van der Waals surface area contributed by atoms with Gasteiger partial charge in [0.05, 0.1) is 11.4 Å². The van der Waals surface area contributed by atoms with Gasteiger partial charge >= 0.3 is 0 Å². The molecule has 0 bridgehead atoms. The zero-order valence-electron chi connectivity index (χ0n) is 10.0. The smallest absolute Gasteiger partial charge is 0.0648 e. The second kappa shape index (κ2) is 4.89. The fourth-order valence-corrected chi connectivity index (χ4v) is 2.27. The lowest BCUT2D eigenvalue weighted by molar-refractivity contribution is 0.261. The summed E-state index contributed by atoms with van der Waals surface area (Å²) < 4.78 is 0. The molecule has 16 heavy (non-hydrogen) atoms. The quantitative estimate of drug-likeness (QED) is 0.600. The van der Waals surface area contributed by atoms with Gasteiger partial charge in [-0.1, -0.05) is 19.3 Å². The van der Waals surface area contributed by atoms with Gasteiger partial charge in [-0.05, 0) is 37.8 Å². The van der Waals surface area contributed by atoms with Crippen molar-refractivity contribution in [1.82, 2.24) is 15.6 Å². The van der Waals surface area contributed by atoms with Crippen molar-refractivity contribution >= 4 is 0 Å². The molecule has 1 fully saturated rings. The minimum atomic E-state index is 0.222. The summed E-state index contributed by atoms with van der Waals surface area (Å²) in [5.41, 5.74) is 6.05. The monoisotopic (exact) mass is 220 g/mol. The Kier molecular flexibility index (Phi) is 3.51. The van der Waals surface area contributed by atoms with Crippen molar-refractivity contribution in [1.29, 1.82) is 0 Å². The summed E-state index contributed by atoms with van der Waals surface area (Å²) in [5.74, 6) is 6.48. The van der Waals surface area contributed by atoms with E-state index in [1.54, 1.807) is 0 Å². The Bertz CT molecular complexity index is 360. The summed E-state index contributed by atoms with van der Waals surface area (Å²) in [4.78, 5) is 0. The summed E-state index contributed by atoms with van der Waals surface area (Å²) in [6.07, 6.45) is 5.17. The van der Waals surface area contributed by atoms with E-state index >= 15 is 0 Å². The van der Waals surface area contributed by atoms with E-state index in [1.165, 1.54) is 24.8 Å². The first-order valence-electron chi connectivity index (χ1n) is 5.97. The van der Waals surface area contributed by atoms with Crippen LogP contribution in [-0.2, 0) is 0 Å². The molecule has 0 saturated heterocycles. The number of hydrogen-bond acceptors (Lipinski definition) is 4. The van der Waals surface area contributed by atoms with Crippen molar-refractivity contribution in [3.8, 4) is 0 Å². The van der Waals surface area contributed by atoms with Crippen molar-refractivity contribution < 1.29 is 0 Å². The van der Waals surface area contributed by atoms with Crippen LogP contribution in [0.1, 0.15) is 48.7 Å². The van der Waals surface area contributed by atoms with Gasteiger partial charge in [-0.25, -0.2) is 0 Å². The summed E-state index contributed by atoms with van der Waals surface area (Å²) in [7, 11) is 0. The van der Waals surface area contributed by atoms with Crippen LogP contribution >= 0.6 is 0 Å². The first-order valence-corrected chi connectivity index (χ1v) is 5.97. The molecular formula is C12H20N4. The first-order chi connectivity index (χ1) is 7.70. The van der Waals surface area contributed by atoms with Gasteiger partial charge in [-0.15, -0.1) is 0 Å². The van der Waals surface area contributed by atoms with Gasteiger partial charge in [0.25, 0.3) is 0 Å². The molecule has 3 N–H and O–H groups in total. The number of nitrogens with zero attached hydrogens (tertiary/aromatic N) is 2. The van der Waals surface area contributed by atoms with Gasteiger partial charge in [-0.2, -0.15) is 10.2 Å². The van der Waals surface area contributed by atoms with E-state index in [0.29, 0.717) is 0 Å². The van der Waals surface area contributed by atoms with Crippen LogP contribution in [0, 0.1) is 19.8 Å². The van der Waals surface area contributed by atoms with Crippen LogP contribution in [-0.4, -0.2) is 10.2 Å². The SMILES string of the molecule is Cc1cc(C(CC2CCC2)NN)c(C)nn1. The second-order valence-corrected chi connectivity index (χ2v) is 4.78. The zero-order valence-corrected chi connectivity index (χ0v) is 10.0. The first kappa shape index (κ1) is 11.5. The predicted molar refractivity (Wildman–Crippen MR) is 63.5 cm³/mol. The molecule has 88 valence electrons. The van der Waals surface area contributed by atoms with Crippen LogP contribution < -0.4 is 11.3 Å². The molecule has 0 aliphatic heterocycles. The fourth-order valence-electron chi connectivity index (χ4n) is 2.27. The van der Waals surface area contributed by atoms with Crippen molar-refractivity contribution in [2.24, 2.45) is 11.8 Å². The molecule has 1 aromatic rings. The number of hydrogen-bond donors (Lipinski definition) is 2. The van der Waals surface area contributed by atoms with Gasteiger partial charge < -0.3 is 0 Å². The van der Waals surface area contributed by atoms with E-state index in [2.05, 4.69) is 21.7 Å². The molecule has 1 aliphatic rings. The number of nitrogens with one attached hydrogen (secondary N) is 1. The molecule has 2 rings (SSSR count). The third-order valence-corrected chi connectivity index (χ3v) is 3.51. The van der Waals surface area contributed by atoms with E-state index in [-0.39, 0.29) is 6.04 Å². The Morgan fingerprint density at radius 3 is 2.75 bits per heavy atom. The molecule has 0 radical (unpaired) electrons. The second-order valence-electron chi connectivity index (χ2n) is 4.78. The molecule has 1 heterocycles. The highest BCUT2D eigenvalue weighted by molar-refractivity contribution is 5.23. The number of hydrazine groups is 1. The Morgan fingerprint density at radius 2 is 2.19 bits per heavy atom. The molecule has 1 atom stereocenters. The summed E-state index contributed by atoms with van der Waals surface area (Å²) >= 11 is 0. The third kappa shape index (κ3) is 2.39. The molecule has 4 heteroatoms. The summed E-state index contributed by atoms with van der Waals surface area (Å²) in [6.45, 7) is 3.96. The topological polar surface area (TPSA) is 63.8 Å². The number of rotatable bonds is 4. The highest BCUT2D eigenvalue weighted by atomic mass is 15.2. The molecule has 1 aromatic heterocycles. The predicted octanol–water partition coefficient (Wildman–Crippen LogP) is 1.79. The maximum Gasteiger partial charge on any atom is 0.0648 e. The summed E-state index contributed by atoms with van der Waals surface area (Å²) in [5, 5.41) is 8.20. The Labute approximate surface area is 96.6 Å². The average Bonchev–Trinajstić information content (AvgIpc) is 2.21. The molecule has 1 saturated carbocycles. The van der Waals surface area contributed by atoms with Gasteiger partial charge in [0.2, 0.25) is 0 Å². The van der Waals surface area contributed by atoms with Gasteiger partial charge in [0.1, 0.15) is 0 Å². The van der Waals surface area contributed by atoms with E-state index in [9.17, 15) is 0 Å². The molecule has 1 aliphatic carbocycles. The maximum absolute atomic E-state index is 5.65. The van der Waals surface area contributed by atoms with Crippen LogP contribution in [0.3, 0.4) is 0 Å². The minimum absolute atomic E-state index is 0.222. The highest BCUT2D eigenvalue weighted by Gasteiger charge is 2.23. The lowest BCUT2D eigenvalue weighted by Gasteiger charge is -2.30. The van der Waals surface area contributed by atoms with Crippen molar-refractivity contribution in [3.05, 3.63) is 23.0 Å². The largest absolute Gasteiger partial charge is 0.271 e. The molecule has 0 spiro atoms. The van der Waals surface area contributed by atoms with Gasteiger partial charge in [0, 0.05) is 6.04 Å². The number of aromatic nitrogens is 2. The van der Waals surface area contributed by atoms with E-state index in [1.807, 2.05) is 13.8 Å². The van der Waals surface area contributed by atoms with E-state index in [4.69, 9.17) is 5.84 Å². The van der Waals surface area contributed by atoms with Gasteiger partial charge in [0.15, 0.2) is 0 Å². The normalized spacial score (nSPS) is 18.2. The Balaban J connectivity index is 2.14. The lowest BCUT2D eigenvalue weighted by Crippen LogP contribution is -2.32. The number of nitrogens with two attached hydrogens (primary N) is 1. The molecule has 4 nitrogen and oxygen atoms in total. The Morgan fingerprint density at radius 1 is 1.44 bits per heavy atom. The maximum atomic E-state index is 5.65. The average molecular weight is 220 g/mol. The molecular weight excluding hydrogens is 200 g/mol. The molecule has 0 aromatic carbocycles. The van der Waals surface area contributed by atoms with Crippen molar-refractivity contribution in [3.63, 3.8) is 0 Å². The van der Waals surface area contributed by atoms with Crippen LogP contribution in [0.15, 0.2) is 6.07 Å². The van der Waals surface area contributed by atoms with E-state index in [0.717, 1.165) is 23.7 Å². The fraction of sp³-hybridized carbons (Fsp3) is 0.667. The molecule has 0 amide bonds. The lowest BCUT2D eigenvalue weighted by atomic mass is 9.79. The highest BCUT2D eigenvalue weighted by Crippen LogP contribution is 2.34. The van der Waals surface area contributed by atoms with Crippen molar-refractivity contribution in [2.45, 2.75) is 45.6 Å². The third-order valence-electron chi connectivity index (χ3n) is 3.51.